The average molecular weight is 160 g/mol. The van der Waals surface area contributed by atoms with Crippen molar-refractivity contribution in [1.29, 1.82) is 0 Å². The second-order valence-electron chi connectivity index (χ2n) is 3.35. The molecule has 0 spiro atoms. The van der Waals surface area contributed by atoms with Crippen LogP contribution in [-0.2, 0) is 9.68 Å². The summed E-state index contributed by atoms with van der Waals surface area (Å²) < 4.78 is 0. The molecule has 0 rings (SSSR count). The Balaban J connectivity index is 4.23. The highest BCUT2D eigenvalue weighted by Gasteiger charge is 2.30. The molecule has 0 fully saturated rings. The Bertz CT molecular complexity index is 140. The van der Waals surface area contributed by atoms with Gasteiger partial charge in [-0.05, 0) is 13.3 Å². The molecule has 0 heterocycles. The Morgan fingerprint density at radius 2 is 2.09 bits per heavy atom. The second kappa shape index (κ2) is 3.83. The molecule has 3 heteroatoms. The molecule has 0 aromatic carbocycles. The van der Waals surface area contributed by atoms with E-state index in [9.17, 15) is 4.79 Å². The first-order valence-corrected chi connectivity index (χ1v) is 3.80. The van der Waals surface area contributed by atoms with Crippen LogP contribution < -0.4 is 0 Å². The summed E-state index contributed by atoms with van der Waals surface area (Å²) in [7, 11) is 0. The van der Waals surface area contributed by atoms with Crippen LogP contribution in [0.5, 0.6) is 0 Å². The molecule has 0 radical (unpaired) electrons. The first-order chi connectivity index (χ1) is 4.95. The van der Waals surface area contributed by atoms with Gasteiger partial charge in [0.1, 0.15) is 6.10 Å². The van der Waals surface area contributed by atoms with Gasteiger partial charge < -0.3 is 0 Å². The van der Waals surface area contributed by atoms with Crippen molar-refractivity contribution in [2.45, 2.75) is 40.2 Å². The highest BCUT2D eigenvalue weighted by Crippen LogP contribution is 2.23. The third-order valence-corrected chi connectivity index (χ3v) is 2.08. The lowest BCUT2D eigenvalue weighted by Crippen LogP contribution is -2.33. The summed E-state index contributed by atoms with van der Waals surface area (Å²) in [6, 6.07) is 0. The Labute approximate surface area is 67.3 Å². The zero-order chi connectivity index (χ0) is 9.07. The summed E-state index contributed by atoms with van der Waals surface area (Å²) in [6.07, 6.45) is 0.0319. The lowest BCUT2D eigenvalue weighted by molar-refractivity contribution is -0.268. The quantitative estimate of drug-likeness (QED) is 0.504. The maximum absolute atomic E-state index is 11.3. The minimum absolute atomic E-state index is 0.0671. The van der Waals surface area contributed by atoms with Crippen LogP contribution in [0.4, 0.5) is 0 Å². The standard InChI is InChI=1S/C8H16O3/c1-5-8(3,4)7(9)6(2)11-10/h6,10H,5H2,1-4H3. The zero-order valence-corrected chi connectivity index (χ0v) is 7.55. The van der Waals surface area contributed by atoms with Gasteiger partial charge in [0, 0.05) is 5.41 Å². The van der Waals surface area contributed by atoms with E-state index in [0.717, 1.165) is 6.42 Å². The molecule has 1 unspecified atom stereocenters. The van der Waals surface area contributed by atoms with Crippen molar-refractivity contribution in [2.24, 2.45) is 5.41 Å². The van der Waals surface area contributed by atoms with Gasteiger partial charge in [0.05, 0.1) is 0 Å². The molecule has 1 atom stereocenters. The third-order valence-electron chi connectivity index (χ3n) is 2.08. The van der Waals surface area contributed by atoms with Crippen molar-refractivity contribution in [3.63, 3.8) is 0 Å². The van der Waals surface area contributed by atoms with Gasteiger partial charge in [-0.3, -0.25) is 10.1 Å². The van der Waals surface area contributed by atoms with Crippen LogP contribution >= 0.6 is 0 Å². The van der Waals surface area contributed by atoms with Crippen molar-refractivity contribution in [1.82, 2.24) is 0 Å². The molecule has 0 bridgehead atoms. The van der Waals surface area contributed by atoms with E-state index in [1.165, 1.54) is 0 Å². The maximum Gasteiger partial charge on any atom is 0.170 e. The highest BCUT2D eigenvalue weighted by molar-refractivity contribution is 5.87. The first kappa shape index (κ1) is 10.6. The average Bonchev–Trinajstić information content (AvgIpc) is 2.01. The Kier molecular flexibility index (Phi) is 3.69. The molecule has 3 nitrogen and oxygen atoms in total. The predicted octanol–water partition coefficient (Wildman–Crippen LogP) is 1.87. The summed E-state index contributed by atoms with van der Waals surface area (Å²) in [6.45, 7) is 7.15. The molecule has 0 amide bonds. The van der Waals surface area contributed by atoms with Crippen LogP contribution in [0.2, 0.25) is 0 Å². The minimum Gasteiger partial charge on any atom is -0.296 e. The van der Waals surface area contributed by atoms with Gasteiger partial charge in [0.25, 0.3) is 0 Å². The lowest BCUT2D eigenvalue weighted by Gasteiger charge is -2.22. The number of ketones is 1. The number of carbonyl (C=O) groups is 1. The van der Waals surface area contributed by atoms with Crippen molar-refractivity contribution in [3.05, 3.63) is 0 Å². The van der Waals surface area contributed by atoms with Gasteiger partial charge in [0.2, 0.25) is 0 Å². The normalized spacial score (nSPS) is 14.6. The number of hydrogen-bond donors (Lipinski definition) is 1. The van der Waals surface area contributed by atoms with Gasteiger partial charge in [-0.1, -0.05) is 20.8 Å². The molecule has 0 aromatic rings. The summed E-state index contributed by atoms with van der Waals surface area (Å²) in [5, 5.41) is 8.24. The lowest BCUT2D eigenvalue weighted by atomic mass is 9.83. The van der Waals surface area contributed by atoms with Crippen molar-refractivity contribution < 1.29 is 14.9 Å². The number of carbonyl (C=O) groups excluding carboxylic acids is 1. The molecule has 1 N–H and O–H groups in total. The Hall–Kier alpha value is -0.410. The van der Waals surface area contributed by atoms with Gasteiger partial charge in [-0.2, -0.15) is 0 Å². The van der Waals surface area contributed by atoms with E-state index < -0.39 is 11.5 Å². The van der Waals surface area contributed by atoms with E-state index in [2.05, 4.69) is 4.89 Å². The number of Topliss-reactive ketones (excluding diaryl/α,β-unsaturated/α-hetero) is 1. The molecule has 11 heavy (non-hydrogen) atoms. The molecule has 0 aliphatic carbocycles. The summed E-state index contributed by atoms with van der Waals surface area (Å²) >= 11 is 0. The fourth-order valence-corrected chi connectivity index (χ4v) is 0.772. The number of rotatable bonds is 4. The molecule has 0 saturated carbocycles. The van der Waals surface area contributed by atoms with Crippen LogP contribution in [0.25, 0.3) is 0 Å². The highest BCUT2D eigenvalue weighted by atomic mass is 17.1. The van der Waals surface area contributed by atoms with Crippen molar-refractivity contribution >= 4 is 5.78 Å². The molecule has 0 aliphatic heterocycles. The molecule has 0 aliphatic rings. The topological polar surface area (TPSA) is 46.5 Å². The SMILES string of the molecule is CCC(C)(C)C(=O)C(C)OO. The molecule has 66 valence electrons. The van der Waals surface area contributed by atoms with E-state index in [1.54, 1.807) is 6.92 Å². The van der Waals surface area contributed by atoms with E-state index in [4.69, 9.17) is 5.26 Å². The van der Waals surface area contributed by atoms with Crippen LogP contribution in [0.15, 0.2) is 0 Å². The van der Waals surface area contributed by atoms with E-state index >= 15 is 0 Å². The molecule has 0 saturated heterocycles. The summed E-state index contributed by atoms with van der Waals surface area (Å²) in [5.74, 6) is -0.0671. The third kappa shape index (κ3) is 2.60. The zero-order valence-electron chi connectivity index (χ0n) is 7.55. The van der Waals surface area contributed by atoms with E-state index in [0.29, 0.717) is 0 Å². The molecule has 0 aromatic heterocycles. The van der Waals surface area contributed by atoms with E-state index in [-0.39, 0.29) is 5.78 Å². The van der Waals surface area contributed by atoms with Gasteiger partial charge >= 0.3 is 0 Å². The summed E-state index contributed by atoms with van der Waals surface area (Å²) in [4.78, 5) is 15.3. The van der Waals surface area contributed by atoms with Crippen LogP contribution in [0.1, 0.15) is 34.1 Å². The maximum atomic E-state index is 11.3. The second-order valence-corrected chi connectivity index (χ2v) is 3.35. The smallest absolute Gasteiger partial charge is 0.170 e. The molecular weight excluding hydrogens is 144 g/mol. The monoisotopic (exact) mass is 160 g/mol. The number of hydrogen-bond acceptors (Lipinski definition) is 3. The molecular formula is C8H16O3. The summed E-state index contributed by atoms with van der Waals surface area (Å²) in [5.41, 5.74) is -0.401. The van der Waals surface area contributed by atoms with Gasteiger partial charge in [-0.15, -0.1) is 0 Å². The Morgan fingerprint density at radius 1 is 1.64 bits per heavy atom. The van der Waals surface area contributed by atoms with Gasteiger partial charge in [0.15, 0.2) is 5.78 Å². The fraction of sp³-hybridized carbons (Fsp3) is 0.875. The minimum atomic E-state index is -0.718. The van der Waals surface area contributed by atoms with Crippen LogP contribution in [0, 0.1) is 5.41 Å². The predicted molar refractivity (Wildman–Crippen MR) is 42.3 cm³/mol. The fourth-order valence-electron chi connectivity index (χ4n) is 0.772. The van der Waals surface area contributed by atoms with Crippen LogP contribution in [-0.4, -0.2) is 17.1 Å². The Morgan fingerprint density at radius 3 is 2.36 bits per heavy atom. The van der Waals surface area contributed by atoms with Gasteiger partial charge in [-0.25, -0.2) is 4.89 Å². The van der Waals surface area contributed by atoms with Crippen molar-refractivity contribution in [3.8, 4) is 0 Å². The van der Waals surface area contributed by atoms with Crippen LogP contribution in [0.3, 0.4) is 0 Å². The first-order valence-electron chi connectivity index (χ1n) is 3.80. The van der Waals surface area contributed by atoms with Crippen molar-refractivity contribution in [2.75, 3.05) is 0 Å². The van der Waals surface area contributed by atoms with E-state index in [1.807, 2.05) is 20.8 Å². The largest absolute Gasteiger partial charge is 0.296 e.